The van der Waals surface area contributed by atoms with E-state index in [9.17, 15) is 0 Å². The molecule has 1 fully saturated rings. The van der Waals surface area contributed by atoms with Crippen molar-refractivity contribution >= 4 is 0 Å². The number of halogens is 1. The van der Waals surface area contributed by atoms with Crippen molar-refractivity contribution in [1.82, 2.24) is 0 Å². The molecule has 2 radical (unpaired) electrons. The van der Waals surface area contributed by atoms with Crippen LogP contribution in [0.1, 0.15) is 39.0 Å². The van der Waals surface area contributed by atoms with Gasteiger partial charge in [0.2, 0.25) is 0 Å². The summed E-state index contributed by atoms with van der Waals surface area (Å²) in [5.41, 5.74) is 0. The van der Waals surface area contributed by atoms with E-state index >= 15 is 0 Å². The van der Waals surface area contributed by atoms with Crippen molar-refractivity contribution in [3.8, 4) is 0 Å². The van der Waals surface area contributed by atoms with Gasteiger partial charge in [0.25, 0.3) is 0 Å². The largest absolute Gasteiger partial charge is 1.00 e. The van der Waals surface area contributed by atoms with Gasteiger partial charge in [-0.3, -0.25) is 0 Å². The van der Waals surface area contributed by atoms with Crippen LogP contribution in [-0.4, -0.2) is 12.7 Å². The Labute approximate surface area is 103 Å². The first kappa shape index (κ1) is 15.6. The molecule has 12 heavy (non-hydrogen) atoms. The maximum absolute atomic E-state index is 5.52. The van der Waals surface area contributed by atoms with Gasteiger partial charge < -0.3 is 17.1 Å². The Hall–Kier alpha value is 1.19. The second kappa shape index (κ2) is 10.3. The van der Waals surface area contributed by atoms with Crippen LogP contribution in [0, 0.1) is 6.42 Å². The van der Waals surface area contributed by atoms with Gasteiger partial charge in [-0.15, -0.1) is 0 Å². The zero-order valence-corrected chi connectivity index (χ0v) is 14.1. The molecule has 1 nitrogen and oxygen atoms in total. The van der Waals surface area contributed by atoms with E-state index < -0.39 is 0 Å². The average Bonchev–Trinajstić information content (AvgIpc) is 2.03. The van der Waals surface area contributed by atoms with Gasteiger partial charge in [-0.25, -0.2) is 0 Å². The van der Waals surface area contributed by atoms with Gasteiger partial charge in [-0.05, 0) is 25.7 Å². The normalized spacial score (nSPS) is 22.2. The van der Waals surface area contributed by atoms with E-state index in [4.69, 9.17) is 4.74 Å². The molecular formula is C9H17ClHgO. The molecule has 0 bridgehead atoms. The molecule has 0 unspecified atom stereocenters. The number of ether oxygens (including phenoxy) is 1. The van der Waals surface area contributed by atoms with Gasteiger partial charge in [0.05, 0.1) is 6.10 Å². The van der Waals surface area contributed by atoms with Gasteiger partial charge in [-0.1, -0.05) is 19.8 Å². The molecular weight excluding hydrogens is 360 g/mol. The summed E-state index contributed by atoms with van der Waals surface area (Å²) in [5, 5.41) is 0. The van der Waals surface area contributed by atoms with Crippen LogP contribution in [-0.2, 0) is 32.4 Å². The van der Waals surface area contributed by atoms with Gasteiger partial charge in [0.1, 0.15) is 0 Å². The van der Waals surface area contributed by atoms with E-state index in [1.807, 2.05) is 0 Å². The van der Waals surface area contributed by atoms with Crippen molar-refractivity contribution < 1.29 is 44.8 Å². The Bertz CT molecular complexity index is 84.6. The van der Waals surface area contributed by atoms with Gasteiger partial charge in [-0.2, -0.15) is 0 Å². The zero-order chi connectivity index (χ0) is 7.23. The first-order valence-electron chi connectivity index (χ1n) is 4.38. The molecule has 68 valence electrons. The Morgan fingerprint density at radius 3 is 2.75 bits per heavy atom. The summed E-state index contributed by atoms with van der Waals surface area (Å²) < 4.78 is 5.52. The topological polar surface area (TPSA) is 9.23 Å². The van der Waals surface area contributed by atoms with Gasteiger partial charge >= 0.3 is 27.7 Å². The van der Waals surface area contributed by atoms with Crippen LogP contribution in [0.4, 0.5) is 0 Å². The third-order valence-electron chi connectivity index (χ3n) is 1.95. The summed E-state index contributed by atoms with van der Waals surface area (Å²) in [6.45, 7) is 3.20. The first-order valence-corrected chi connectivity index (χ1v) is 4.38. The second-order valence-corrected chi connectivity index (χ2v) is 2.93. The minimum Gasteiger partial charge on any atom is -1.00 e. The SMILES string of the molecule is CCCC[C@H]1[CH]CCCO1.[Cl-].[Hg+]. The van der Waals surface area contributed by atoms with Gasteiger partial charge in [0, 0.05) is 6.61 Å². The molecule has 0 aromatic carbocycles. The van der Waals surface area contributed by atoms with E-state index in [2.05, 4.69) is 13.3 Å². The maximum atomic E-state index is 5.52. The van der Waals surface area contributed by atoms with Crippen LogP contribution in [0.2, 0.25) is 0 Å². The summed E-state index contributed by atoms with van der Waals surface area (Å²) in [6.07, 6.45) is 9.11. The van der Waals surface area contributed by atoms with E-state index in [0.717, 1.165) is 6.61 Å². The molecule has 3 heteroatoms. The zero-order valence-electron chi connectivity index (χ0n) is 7.89. The van der Waals surface area contributed by atoms with Crippen molar-refractivity contribution in [2.45, 2.75) is 45.1 Å². The van der Waals surface area contributed by atoms with E-state index in [1.165, 1.54) is 32.1 Å². The molecule has 1 heterocycles. The molecule has 0 spiro atoms. The van der Waals surface area contributed by atoms with E-state index in [-0.39, 0.29) is 40.1 Å². The number of hydrogen-bond donors (Lipinski definition) is 0. The molecule has 1 rings (SSSR count). The first-order chi connectivity index (χ1) is 4.93. The monoisotopic (exact) mass is 378 g/mol. The van der Waals surface area contributed by atoms with Crippen molar-refractivity contribution in [3.05, 3.63) is 6.42 Å². The van der Waals surface area contributed by atoms with Crippen LogP contribution in [0.15, 0.2) is 0 Å². The van der Waals surface area contributed by atoms with E-state index in [0.29, 0.717) is 6.10 Å². The van der Waals surface area contributed by atoms with Crippen LogP contribution < -0.4 is 12.4 Å². The van der Waals surface area contributed by atoms with Crippen molar-refractivity contribution in [1.29, 1.82) is 0 Å². The van der Waals surface area contributed by atoms with Crippen LogP contribution in [0.25, 0.3) is 0 Å². The summed E-state index contributed by atoms with van der Waals surface area (Å²) in [4.78, 5) is 0. The molecule has 1 aliphatic rings. The van der Waals surface area contributed by atoms with Crippen LogP contribution >= 0.6 is 0 Å². The Kier molecular flexibility index (Phi) is 13.4. The van der Waals surface area contributed by atoms with E-state index in [1.54, 1.807) is 0 Å². The summed E-state index contributed by atoms with van der Waals surface area (Å²) in [5.74, 6) is 0. The second-order valence-electron chi connectivity index (χ2n) is 2.93. The van der Waals surface area contributed by atoms with Crippen molar-refractivity contribution in [2.24, 2.45) is 0 Å². The molecule has 0 aliphatic carbocycles. The van der Waals surface area contributed by atoms with Gasteiger partial charge in [0.15, 0.2) is 0 Å². The Balaban J connectivity index is 0. The quantitative estimate of drug-likeness (QED) is 0.607. The summed E-state index contributed by atoms with van der Waals surface area (Å²) >= 11 is 0. The Morgan fingerprint density at radius 1 is 1.50 bits per heavy atom. The number of rotatable bonds is 3. The Morgan fingerprint density at radius 2 is 2.25 bits per heavy atom. The molecule has 1 atom stereocenters. The summed E-state index contributed by atoms with van der Waals surface area (Å²) in [6, 6.07) is 0. The molecule has 1 saturated heterocycles. The fourth-order valence-electron chi connectivity index (χ4n) is 1.30. The smallest absolute Gasteiger partial charge is 1.00 e. The molecule has 0 N–H and O–H groups in total. The third kappa shape index (κ3) is 6.67. The fraction of sp³-hybridized carbons (Fsp3) is 0.889. The van der Waals surface area contributed by atoms with Crippen molar-refractivity contribution in [3.63, 3.8) is 0 Å². The number of unbranched alkanes of at least 4 members (excludes halogenated alkanes) is 1. The number of hydrogen-bond acceptors (Lipinski definition) is 1. The summed E-state index contributed by atoms with van der Waals surface area (Å²) in [7, 11) is 0. The third-order valence-corrected chi connectivity index (χ3v) is 1.95. The molecule has 0 amide bonds. The fourth-order valence-corrected chi connectivity index (χ4v) is 1.30. The van der Waals surface area contributed by atoms with Crippen LogP contribution in [0.5, 0.6) is 0 Å². The predicted molar refractivity (Wildman–Crippen MR) is 42.8 cm³/mol. The molecule has 0 aromatic rings. The molecule has 0 saturated carbocycles. The molecule has 1 aliphatic heterocycles. The minimum atomic E-state index is 0. The maximum Gasteiger partial charge on any atom is 1.00 e. The standard InChI is InChI=1S/C9H17O.ClH.Hg/c1-2-3-6-9-7-4-5-8-10-9;;/h7,9H,2-6,8H2,1H3;1H;/q;;+1/p-1/t9-;;/m0../s1. The average molecular weight is 377 g/mol. The van der Waals surface area contributed by atoms with Crippen LogP contribution in [0.3, 0.4) is 0 Å². The predicted octanol–water partition coefficient (Wildman–Crippen LogP) is -0.439. The molecule has 0 aromatic heterocycles. The minimum absolute atomic E-state index is 0. The van der Waals surface area contributed by atoms with Crippen molar-refractivity contribution in [2.75, 3.05) is 6.61 Å².